The van der Waals surface area contributed by atoms with Crippen molar-refractivity contribution in [3.05, 3.63) is 0 Å². The molecule has 4 aliphatic rings. The lowest BCUT2D eigenvalue weighted by molar-refractivity contribution is -0.172. The van der Waals surface area contributed by atoms with E-state index in [2.05, 4.69) is 20.8 Å². The van der Waals surface area contributed by atoms with Crippen molar-refractivity contribution >= 4 is 5.97 Å². The van der Waals surface area contributed by atoms with Gasteiger partial charge in [0.05, 0.1) is 12.2 Å². The van der Waals surface area contributed by atoms with Gasteiger partial charge in [0.25, 0.3) is 0 Å². The topological polar surface area (TPSA) is 77.8 Å². The molecule has 0 aromatic rings. The summed E-state index contributed by atoms with van der Waals surface area (Å²) in [4.78, 5) is 11.1. The highest BCUT2D eigenvalue weighted by atomic mass is 16.4. The number of hydrogen-bond donors (Lipinski definition) is 3. The monoisotopic (exact) mass is 392 g/mol. The van der Waals surface area contributed by atoms with E-state index in [0.717, 1.165) is 32.1 Å². The van der Waals surface area contributed by atoms with Gasteiger partial charge in [0, 0.05) is 6.42 Å². The smallest absolute Gasteiger partial charge is 0.303 e. The first kappa shape index (κ1) is 20.7. The molecular weight excluding hydrogens is 352 g/mol. The van der Waals surface area contributed by atoms with E-state index in [1.807, 2.05) is 0 Å². The molecule has 28 heavy (non-hydrogen) atoms. The molecular formula is C24H40O4. The third kappa shape index (κ3) is 3.14. The highest BCUT2D eigenvalue weighted by molar-refractivity contribution is 5.66. The Morgan fingerprint density at radius 3 is 2.36 bits per heavy atom. The van der Waals surface area contributed by atoms with Crippen LogP contribution in [0.2, 0.25) is 0 Å². The Labute approximate surface area is 170 Å². The second kappa shape index (κ2) is 7.27. The molecule has 0 spiro atoms. The second-order valence-electron chi connectivity index (χ2n) is 11.4. The van der Waals surface area contributed by atoms with Crippen molar-refractivity contribution in [3.63, 3.8) is 0 Å². The lowest BCUT2D eigenvalue weighted by Gasteiger charge is -2.62. The van der Waals surface area contributed by atoms with Crippen molar-refractivity contribution in [3.8, 4) is 0 Å². The van der Waals surface area contributed by atoms with E-state index in [1.165, 1.54) is 25.7 Å². The Morgan fingerprint density at radius 2 is 1.64 bits per heavy atom. The van der Waals surface area contributed by atoms with E-state index < -0.39 is 5.97 Å². The van der Waals surface area contributed by atoms with Crippen molar-refractivity contribution in [1.82, 2.24) is 0 Å². The maximum atomic E-state index is 11.1. The number of carboxylic acid groups (broad SMARTS) is 1. The summed E-state index contributed by atoms with van der Waals surface area (Å²) in [5.74, 6) is 2.61. The van der Waals surface area contributed by atoms with E-state index in [4.69, 9.17) is 5.11 Å². The maximum Gasteiger partial charge on any atom is 0.303 e. The van der Waals surface area contributed by atoms with E-state index in [0.29, 0.717) is 35.0 Å². The average molecular weight is 393 g/mol. The molecule has 0 unspecified atom stereocenters. The zero-order chi connectivity index (χ0) is 20.3. The van der Waals surface area contributed by atoms with E-state index in [1.54, 1.807) is 0 Å². The number of carboxylic acids is 1. The molecule has 4 nitrogen and oxygen atoms in total. The zero-order valence-electron chi connectivity index (χ0n) is 17.9. The summed E-state index contributed by atoms with van der Waals surface area (Å²) in [6, 6.07) is 0. The number of fused-ring (bicyclic) bond motifs is 5. The molecule has 160 valence electrons. The lowest BCUT2D eigenvalue weighted by Crippen LogP contribution is -2.58. The Kier molecular flexibility index (Phi) is 5.36. The molecule has 4 aliphatic carbocycles. The van der Waals surface area contributed by atoms with Crippen LogP contribution in [0.3, 0.4) is 0 Å². The predicted octanol–water partition coefficient (Wildman–Crippen LogP) is 4.48. The molecule has 0 amide bonds. The molecule has 10 atom stereocenters. The van der Waals surface area contributed by atoms with Crippen molar-refractivity contribution in [2.24, 2.45) is 46.3 Å². The van der Waals surface area contributed by atoms with Gasteiger partial charge in [-0.1, -0.05) is 20.8 Å². The molecule has 0 heterocycles. The SMILES string of the molecule is C[C@H](CCC(=O)O)[C@@H]1CC[C@H]2[C@@H]3C[C@H](O)[C@@H]4C[C@H](O)CC[C@]4(C)[C@H]3CC[C@@]21C. The first-order valence-electron chi connectivity index (χ1n) is 11.7. The van der Waals surface area contributed by atoms with Crippen LogP contribution >= 0.6 is 0 Å². The number of aliphatic carboxylic acids is 1. The summed E-state index contributed by atoms with van der Waals surface area (Å²) >= 11 is 0. The van der Waals surface area contributed by atoms with Crippen LogP contribution in [0.5, 0.6) is 0 Å². The Hall–Kier alpha value is -0.610. The molecule has 0 aliphatic heterocycles. The van der Waals surface area contributed by atoms with Crippen LogP contribution in [-0.4, -0.2) is 33.5 Å². The van der Waals surface area contributed by atoms with Crippen LogP contribution in [0.15, 0.2) is 0 Å². The highest BCUT2D eigenvalue weighted by Crippen LogP contribution is 2.68. The van der Waals surface area contributed by atoms with E-state index in [-0.39, 0.29) is 30.0 Å². The van der Waals surface area contributed by atoms with Crippen molar-refractivity contribution in [1.29, 1.82) is 0 Å². The largest absolute Gasteiger partial charge is 0.481 e. The minimum atomic E-state index is -0.677. The van der Waals surface area contributed by atoms with Crippen molar-refractivity contribution in [2.45, 2.75) is 97.2 Å². The number of hydrogen-bond acceptors (Lipinski definition) is 3. The van der Waals surface area contributed by atoms with Gasteiger partial charge in [-0.15, -0.1) is 0 Å². The van der Waals surface area contributed by atoms with Crippen LogP contribution in [-0.2, 0) is 4.79 Å². The predicted molar refractivity (Wildman–Crippen MR) is 109 cm³/mol. The average Bonchev–Trinajstić information content (AvgIpc) is 2.99. The van der Waals surface area contributed by atoms with Crippen LogP contribution < -0.4 is 0 Å². The number of carbonyl (C=O) groups is 1. The molecule has 3 N–H and O–H groups in total. The van der Waals surface area contributed by atoms with Gasteiger partial charge in [-0.05, 0) is 104 Å². The van der Waals surface area contributed by atoms with E-state index >= 15 is 0 Å². The highest BCUT2D eigenvalue weighted by Gasteiger charge is 2.62. The molecule has 0 bridgehead atoms. The summed E-state index contributed by atoms with van der Waals surface area (Å²) in [6.45, 7) is 7.16. The number of rotatable bonds is 4. The minimum absolute atomic E-state index is 0.176. The second-order valence-corrected chi connectivity index (χ2v) is 11.4. The van der Waals surface area contributed by atoms with Crippen LogP contribution in [0.1, 0.15) is 85.0 Å². The summed E-state index contributed by atoms with van der Waals surface area (Å²) in [6.07, 6.45) is 9.16. The quantitative estimate of drug-likeness (QED) is 0.659. The Balaban J connectivity index is 1.55. The molecule has 4 rings (SSSR count). The number of aliphatic hydroxyl groups is 2. The number of aliphatic hydroxyl groups excluding tert-OH is 2. The van der Waals surface area contributed by atoms with Gasteiger partial charge >= 0.3 is 5.97 Å². The molecule has 0 aromatic heterocycles. The lowest BCUT2D eigenvalue weighted by atomic mass is 9.44. The summed E-state index contributed by atoms with van der Waals surface area (Å²) in [7, 11) is 0. The fourth-order valence-electron chi connectivity index (χ4n) is 8.81. The maximum absolute atomic E-state index is 11.1. The van der Waals surface area contributed by atoms with E-state index in [9.17, 15) is 15.0 Å². The summed E-state index contributed by atoms with van der Waals surface area (Å²) < 4.78 is 0. The van der Waals surface area contributed by atoms with Gasteiger partial charge in [-0.2, -0.15) is 0 Å². The third-order valence-corrected chi connectivity index (χ3v) is 10.2. The van der Waals surface area contributed by atoms with Gasteiger partial charge in [0.2, 0.25) is 0 Å². The fourth-order valence-corrected chi connectivity index (χ4v) is 8.81. The first-order chi connectivity index (χ1) is 13.2. The molecule has 4 fully saturated rings. The summed E-state index contributed by atoms with van der Waals surface area (Å²) in [5, 5.41) is 30.4. The van der Waals surface area contributed by atoms with Crippen LogP contribution in [0, 0.1) is 46.3 Å². The molecule has 0 saturated heterocycles. The van der Waals surface area contributed by atoms with Crippen LogP contribution in [0.25, 0.3) is 0 Å². The first-order valence-corrected chi connectivity index (χ1v) is 11.7. The molecule has 0 radical (unpaired) electrons. The third-order valence-electron chi connectivity index (χ3n) is 10.2. The summed E-state index contributed by atoms with van der Waals surface area (Å²) in [5.41, 5.74) is 0.478. The Morgan fingerprint density at radius 1 is 0.964 bits per heavy atom. The molecule has 4 saturated carbocycles. The van der Waals surface area contributed by atoms with Crippen LogP contribution in [0.4, 0.5) is 0 Å². The van der Waals surface area contributed by atoms with Gasteiger partial charge < -0.3 is 15.3 Å². The minimum Gasteiger partial charge on any atom is -0.481 e. The van der Waals surface area contributed by atoms with Gasteiger partial charge in [-0.25, -0.2) is 0 Å². The molecule has 0 aromatic carbocycles. The fraction of sp³-hybridized carbons (Fsp3) is 0.958. The van der Waals surface area contributed by atoms with Crippen molar-refractivity contribution in [2.75, 3.05) is 0 Å². The normalized spacial score (nSPS) is 51.7. The van der Waals surface area contributed by atoms with Gasteiger partial charge in [0.15, 0.2) is 0 Å². The molecule has 4 heteroatoms. The zero-order valence-corrected chi connectivity index (χ0v) is 17.9. The van der Waals surface area contributed by atoms with Gasteiger partial charge in [-0.3, -0.25) is 4.79 Å². The standard InChI is InChI=1S/C24H40O4/c1-14(4-7-22(27)28)17-5-6-18-16-13-21(26)20-12-15(25)8-10-24(20,3)19(16)9-11-23(17,18)2/h14-21,25-26H,4-13H2,1-3H3,(H,27,28)/t14-,15-,16+,17+,18+,19+,20+,21+,23-,24-/m1/s1. The van der Waals surface area contributed by atoms with Crippen molar-refractivity contribution < 1.29 is 20.1 Å². The van der Waals surface area contributed by atoms with Gasteiger partial charge in [0.1, 0.15) is 0 Å². The Bertz CT molecular complexity index is 605.